The molecule has 150 valence electrons. The maximum absolute atomic E-state index is 11.9. The lowest BCUT2D eigenvalue weighted by atomic mass is 9.88. The molecule has 1 aliphatic heterocycles. The van der Waals surface area contributed by atoms with Gasteiger partial charge in [-0.2, -0.15) is 0 Å². The van der Waals surface area contributed by atoms with E-state index in [1.54, 1.807) is 7.11 Å². The number of benzene rings is 3. The number of hydrogen-bond donors (Lipinski definition) is 3. The summed E-state index contributed by atoms with van der Waals surface area (Å²) in [5.41, 5.74) is 6.13. The molecule has 5 heteroatoms. The van der Waals surface area contributed by atoms with Gasteiger partial charge in [0.15, 0.2) is 0 Å². The first kappa shape index (κ1) is 18.5. The average molecular weight is 398 g/mol. The Morgan fingerprint density at radius 2 is 1.77 bits per heavy atom. The van der Waals surface area contributed by atoms with Crippen molar-refractivity contribution in [1.82, 2.24) is 10.3 Å². The summed E-state index contributed by atoms with van der Waals surface area (Å²) in [6.07, 6.45) is 0.436. The molecule has 3 aromatic carbocycles. The van der Waals surface area contributed by atoms with Crippen LogP contribution < -0.4 is 10.1 Å². The molecule has 2 heterocycles. The van der Waals surface area contributed by atoms with Crippen molar-refractivity contribution in [3.05, 3.63) is 89.6 Å². The van der Waals surface area contributed by atoms with E-state index in [1.165, 1.54) is 0 Å². The fourth-order valence-electron chi connectivity index (χ4n) is 4.41. The van der Waals surface area contributed by atoms with E-state index >= 15 is 0 Å². The number of para-hydroxylation sites is 1. The quantitative estimate of drug-likeness (QED) is 0.472. The molecule has 0 saturated heterocycles. The molecule has 0 amide bonds. The van der Waals surface area contributed by atoms with Crippen LogP contribution in [0, 0.1) is 0 Å². The first-order valence-electron chi connectivity index (χ1n) is 9.97. The normalized spacial score (nSPS) is 18.2. The average Bonchev–Trinajstić information content (AvgIpc) is 3.17. The first-order chi connectivity index (χ1) is 14.7. The van der Waals surface area contributed by atoms with Crippen molar-refractivity contribution >= 4 is 16.9 Å². The second kappa shape index (κ2) is 7.35. The number of aromatic nitrogens is 1. The van der Waals surface area contributed by atoms with Crippen molar-refractivity contribution in [2.24, 2.45) is 0 Å². The Bertz CT molecular complexity index is 1230. The van der Waals surface area contributed by atoms with E-state index in [1.807, 2.05) is 54.6 Å². The predicted molar refractivity (Wildman–Crippen MR) is 117 cm³/mol. The van der Waals surface area contributed by atoms with E-state index in [9.17, 15) is 9.90 Å². The Hall–Kier alpha value is -3.57. The molecule has 0 fully saturated rings. The van der Waals surface area contributed by atoms with Crippen LogP contribution in [-0.4, -0.2) is 29.2 Å². The third kappa shape index (κ3) is 3.04. The summed E-state index contributed by atoms with van der Waals surface area (Å²) < 4.78 is 5.67. The third-order valence-electron chi connectivity index (χ3n) is 5.86. The number of nitrogens with one attached hydrogen (secondary N) is 2. The number of methoxy groups -OCH3 is 1. The van der Waals surface area contributed by atoms with Crippen LogP contribution in [0.15, 0.2) is 72.8 Å². The zero-order valence-corrected chi connectivity index (χ0v) is 16.6. The van der Waals surface area contributed by atoms with E-state index in [0.717, 1.165) is 44.6 Å². The van der Waals surface area contributed by atoms with Crippen molar-refractivity contribution in [3.8, 4) is 16.9 Å². The highest BCUT2D eigenvalue weighted by atomic mass is 16.5. The summed E-state index contributed by atoms with van der Waals surface area (Å²) in [4.78, 5) is 15.5. The zero-order valence-electron chi connectivity index (χ0n) is 16.6. The van der Waals surface area contributed by atoms with Crippen LogP contribution in [0.3, 0.4) is 0 Å². The van der Waals surface area contributed by atoms with Crippen molar-refractivity contribution in [2.45, 2.75) is 18.5 Å². The van der Waals surface area contributed by atoms with Crippen molar-refractivity contribution in [3.63, 3.8) is 0 Å². The smallest absolute Gasteiger partial charge is 0.321 e. The summed E-state index contributed by atoms with van der Waals surface area (Å²) >= 11 is 0. The van der Waals surface area contributed by atoms with E-state index in [0.29, 0.717) is 6.42 Å². The van der Waals surface area contributed by atoms with Gasteiger partial charge in [0.1, 0.15) is 11.8 Å². The second-order valence-electron chi connectivity index (χ2n) is 7.58. The van der Waals surface area contributed by atoms with Gasteiger partial charge in [0, 0.05) is 28.6 Å². The number of carbonyl (C=O) groups is 1. The monoisotopic (exact) mass is 398 g/mol. The van der Waals surface area contributed by atoms with Gasteiger partial charge >= 0.3 is 5.97 Å². The van der Waals surface area contributed by atoms with E-state index < -0.39 is 12.0 Å². The van der Waals surface area contributed by atoms with Gasteiger partial charge in [-0.25, -0.2) is 0 Å². The van der Waals surface area contributed by atoms with Crippen molar-refractivity contribution in [2.75, 3.05) is 7.11 Å². The topological polar surface area (TPSA) is 74.3 Å². The number of carboxylic acid groups (broad SMARTS) is 1. The summed E-state index contributed by atoms with van der Waals surface area (Å²) in [7, 11) is 1.64. The minimum atomic E-state index is -0.853. The summed E-state index contributed by atoms with van der Waals surface area (Å²) in [5.74, 6) is -0.128. The summed E-state index contributed by atoms with van der Waals surface area (Å²) in [6, 6.07) is 23.3. The van der Waals surface area contributed by atoms with Crippen LogP contribution in [0.4, 0.5) is 0 Å². The van der Waals surface area contributed by atoms with Crippen LogP contribution >= 0.6 is 0 Å². The van der Waals surface area contributed by atoms with Gasteiger partial charge < -0.3 is 14.8 Å². The predicted octanol–water partition coefficient (Wildman–Crippen LogP) is 4.53. The molecule has 0 saturated carbocycles. The molecule has 1 aromatic heterocycles. The third-order valence-corrected chi connectivity index (χ3v) is 5.86. The molecule has 4 aromatic rings. The molecular formula is C25H22N2O3. The number of carboxylic acids is 1. The minimum absolute atomic E-state index is 0.319. The van der Waals surface area contributed by atoms with Crippen LogP contribution in [0.5, 0.6) is 5.75 Å². The van der Waals surface area contributed by atoms with E-state index in [-0.39, 0.29) is 6.04 Å². The Balaban J connectivity index is 1.70. The minimum Gasteiger partial charge on any atom is -0.496 e. The number of aromatic amines is 1. The van der Waals surface area contributed by atoms with Gasteiger partial charge in [0.25, 0.3) is 0 Å². The second-order valence-corrected chi connectivity index (χ2v) is 7.58. The van der Waals surface area contributed by atoms with E-state index in [2.05, 4.69) is 28.5 Å². The highest BCUT2D eigenvalue weighted by Gasteiger charge is 2.35. The van der Waals surface area contributed by atoms with Gasteiger partial charge in [-0.3, -0.25) is 10.1 Å². The number of ether oxygens (including phenoxy) is 1. The molecule has 0 spiro atoms. The molecule has 0 radical (unpaired) electrons. The van der Waals surface area contributed by atoms with Crippen molar-refractivity contribution < 1.29 is 14.6 Å². The van der Waals surface area contributed by atoms with Crippen LogP contribution in [0.2, 0.25) is 0 Å². The SMILES string of the molecule is COc1ccc(-c2ccccc2)cc1C1NC(C(=O)O)Cc2c1[nH]c1ccccc21. The van der Waals surface area contributed by atoms with E-state index in [4.69, 9.17) is 4.74 Å². The van der Waals surface area contributed by atoms with Gasteiger partial charge in [0.05, 0.1) is 13.2 Å². The number of fused-ring (bicyclic) bond motifs is 3. The number of H-pyrrole nitrogens is 1. The van der Waals surface area contributed by atoms with Gasteiger partial charge in [-0.05, 0) is 34.9 Å². The molecule has 30 heavy (non-hydrogen) atoms. The van der Waals surface area contributed by atoms with Crippen LogP contribution in [0.1, 0.15) is 22.9 Å². The molecule has 2 unspecified atom stereocenters. The van der Waals surface area contributed by atoms with Gasteiger partial charge in [-0.15, -0.1) is 0 Å². The van der Waals surface area contributed by atoms with Gasteiger partial charge in [-0.1, -0.05) is 54.6 Å². The highest BCUT2D eigenvalue weighted by Crippen LogP contribution is 2.39. The zero-order chi connectivity index (χ0) is 20.7. The molecule has 0 bridgehead atoms. The molecule has 2 atom stereocenters. The fraction of sp³-hybridized carbons (Fsp3) is 0.160. The lowest BCUT2D eigenvalue weighted by Crippen LogP contribution is -2.45. The highest BCUT2D eigenvalue weighted by molar-refractivity contribution is 5.87. The summed E-state index contributed by atoms with van der Waals surface area (Å²) in [5, 5.41) is 14.2. The molecule has 1 aliphatic rings. The fourth-order valence-corrected chi connectivity index (χ4v) is 4.41. The standard InChI is InChI=1S/C25H22N2O3/c1-30-22-12-11-16(15-7-3-2-4-8-15)13-19(22)24-23-18(14-21(27-24)25(28)29)17-9-5-6-10-20(17)26-23/h2-13,21,24,26-27H,14H2,1H3,(H,28,29). The Morgan fingerprint density at radius 1 is 1.00 bits per heavy atom. The van der Waals surface area contributed by atoms with Gasteiger partial charge in [0.2, 0.25) is 0 Å². The molecule has 5 rings (SSSR count). The van der Waals surface area contributed by atoms with Crippen LogP contribution in [-0.2, 0) is 11.2 Å². The van der Waals surface area contributed by atoms with Crippen LogP contribution in [0.25, 0.3) is 22.0 Å². The number of aliphatic carboxylic acids is 1. The largest absolute Gasteiger partial charge is 0.496 e. The lowest BCUT2D eigenvalue weighted by molar-refractivity contribution is -0.139. The molecular weight excluding hydrogens is 376 g/mol. The Morgan fingerprint density at radius 3 is 2.53 bits per heavy atom. The number of rotatable bonds is 4. The lowest BCUT2D eigenvalue weighted by Gasteiger charge is -2.30. The molecule has 0 aliphatic carbocycles. The van der Waals surface area contributed by atoms with Crippen molar-refractivity contribution in [1.29, 1.82) is 0 Å². The molecule has 3 N–H and O–H groups in total. The maximum Gasteiger partial charge on any atom is 0.321 e. The number of hydrogen-bond acceptors (Lipinski definition) is 3. The first-order valence-corrected chi connectivity index (χ1v) is 9.97. The Kier molecular flexibility index (Phi) is 4.52. The Labute approximate surface area is 174 Å². The maximum atomic E-state index is 11.9. The summed E-state index contributed by atoms with van der Waals surface area (Å²) in [6.45, 7) is 0. The molecule has 5 nitrogen and oxygen atoms in total.